The minimum absolute atomic E-state index is 0.0936. The number of hydrogen-bond acceptors (Lipinski definition) is 5. The summed E-state index contributed by atoms with van der Waals surface area (Å²) in [5, 5.41) is 12.4. The van der Waals surface area contributed by atoms with Gasteiger partial charge < -0.3 is 11.1 Å². The molecule has 3 N–H and O–H groups in total. The van der Waals surface area contributed by atoms with Crippen molar-refractivity contribution < 1.29 is 9.59 Å². The zero-order chi connectivity index (χ0) is 16.8. The monoisotopic (exact) mass is 312 g/mol. The van der Waals surface area contributed by atoms with Gasteiger partial charge in [0.1, 0.15) is 11.6 Å². The van der Waals surface area contributed by atoms with E-state index in [4.69, 9.17) is 5.73 Å². The van der Waals surface area contributed by atoms with Crippen LogP contribution in [-0.2, 0) is 9.59 Å². The highest BCUT2D eigenvalue weighted by Gasteiger charge is 2.24. The van der Waals surface area contributed by atoms with Gasteiger partial charge >= 0.3 is 0 Å². The predicted octanol–water partition coefficient (Wildman–Crippen LogP) is 2.09. The van der Waals surface area contributed by atoms with E-state index in [1.807, 2.05) is 6.07 Å². The maximum atomic E-state index is 12.5. The summed E-state index contributed by atoms with van der Waals surface area (Å²) < 4.78 is 0. The SMILES string of the molecule is CC(=O)N(C(=O)/C(C#N)=C\NC1CCCC1)c1ccc(N)cc1. The summed E-state index contributed by atoms with van der Waals surface area (Å²) in [6.45, 7) is 1.29. The Kier molecular flexibility index (Phi) is 5.36. The second kappa shape index (κ2) is 7.45. The highest BCUT2D eigenvalue weighted by Crippen LogP contribution is 2.20. The molecule has 1 saturated carbocycles. The topological polar surface area (TPSA) is 99.2 Å². The molecule has 2 amide bonds. The van der Waals surface area contributed by atoms with Crippen molar-refractivity contribution in [2.24, 2.45) is 0 Å². The number of nitrogens with one attached hydrogen (secondary N) is 1. The summed E-state index contributed by atoms with van der Waals surface area (Å²) in [6, 6.07) is 8.52. The van der Waals surface area contributed by atoms with Crippen LogP contribution < -0.4 is 16.0 Å². The molecule has 2 rings (SSSR count). The van der Waals surface area contributed by atoms with Crippen molar-refractivity contribution in [2.45, 2.75) is 38.6 Å². The van der Waals surface area contributed by atoms with E-state index in [-0.39, 0.29) is 11.6 Å². The van der Waals surface area contributed by atoms with E-state index < -0.39 is 11.8 Å². The summed E-state index contributed by atoms with van der Waals surface area (Å²) in [5.41, 5.74) is 6.45. The van der Waals surface area contributed by atoms with Crippen molar-refractivity contribution in [3.63, 3.8) is 0 Å². The van der Waals surface area contributed by atoms with Gasteiger partial charge in [-0.2, -0.15) is 5.26 Å². The van der Waals surface area contributed by atoms with Gasteiger partial charge in [0.15, 0.2) is 0 Å². The molecule has 0 saturated heterocycles. The van der Waals surface area contributed by atoms with Gasteiger partial charge in [0.2, 0.25) is 5.91 Å². The maximum absolute atomic E-state index is 12.5. The number of nitrogen functional groups attached to an aromatic ring is 1. The zero-order valence-corrected chi connectivity index (χ0v) is 13.1. The molecule has 0 radical (unpaired) electrons. The van der Waals surface area contributed by atoms with Gasteiger partial charge in [-0.05, 0) is 37.1 Å². The Bertz CT molecular complexity index is 652. The van der Waals surface area contributed by atoms with Crippen LogP contribution in [0.2, 0.25) is 0 Å². The average molecular weight is 312 g/mol. The van der Waals surface area contributed by atoms with Gasteiger partial charge in [0.25, 0.3) is 5.91 Å². The Morgan fingerprint density at radius 1 is 1.30 bits per heavy atom. The van der Waals surface area contributed by atoms with Crippen LogP contribution in [0, 0.1) is 11.3 Å². The van der Waals surface area contributed by atoms with E-state index in [9.17, 15) is 14.9 Å². The molecule has 1 aliphatic rings. The summed E-state index contributed by atoms with van der Waals surface area (Å²) in [6.07, 6.45) is 5.76. The first-order valence-corrected chi connectivity index (χ1v) is 7.60. The summed E-state index contributed by atoms with van der Waals surface area (Å²) in [4.78, 5) is 25.4. The zero-order valence-electron chi connectivity index (χ0n) is 13.1. The fourth-order valence-electron chi connectivity index (χ4n) is 2.62. The van der Waals surface area contributed by atoms with Crippen LogP contribution in [0.3, 0.4) is 0 Å². The number of nitrogens with two attached hydrogens (primary N) is 1. The molecule has 0 unspecified atom stereocenters. The number of carbonyl (C=O) groups excluding carboxylic acids is 2. The number of imide groups is 1. The van der Waals surface area contributed by atoms with E-state index in [1.165, 1.54) is 13.1 Å². The van der Waals surface area contributed by atoms with Crippen molar-refractivity contribution in [1.29, 1.82) is 5.26 Å². The minimum Gasteiger partial charge on any atom is -0.399 e. The van der Waals surface area contributed by atoms with Crippen LogP contribution in [-0.4, -0.2) is 17.9 Å². The summed E-state index contributed by atoms with van der Waals surface area (Å²) in [5.74, 6) is -1.10. The molecule has 120 valence electrons. The molecule has 23 heavy (non-hydrogen) atoms. The number of hydrogen-bond donors (Lipinski definition) is 2. The number of anilines is 2. The third-order valence-electron chi connectivity index (χ3n) is 3.84. The summed E-state index contributed by atoms with van der Waals surface area (Å²) in [7, 11) is 0. The number of carbonyl (C=O) groups is 2. The molecule has 1 aromatic rings. The lowest BCUT2D eigenvalue weighted by molar-refractivity contribution is -0.123. The number of nitriles is 1. The van der Waals surface area contributed by atoms with Gasteiger partial charge in [-0.25, -0.2) is 4.90 Å². The molecule has 0 heterocycles. The highest BCUT2D eigenvalue weighted by molar-refractivity contribution is 6.21. The van der Waals surface area contributed by atoms with Crippen LogP contribution >= 0.6 is 0 Å². The largest absolute Gasteiger partial charge is 0.399 e. The van der Waals surface area contributed by atoms with Gasteiger partial charge in [0, 0.05) is 24.9 Å². The van der Waals surface area contributed by atoms with E-state index in [1.54, 1.807) is 24.3 Å². The Balaban J connectivity index is 2.21. The molecular weight excluding hydrogens is 292 g/mol. The smallest absolute Gasteiger partial charge is 0.277 e. The van der Waals surface area contributed by atoms with Crippen molar-refractivity contribution in [3.8, 4) is 6.07 Å². The normalized spacial score (nSPS) is 15.0. The predicted molar refractivity (Wildman–Crippen MR) is 88.1 cm³/mol. The third-order valence-corrected chi connectivity index (χ3v) is 3.84. The number of benzene rings is 1. The fourth-order valence-corrected chi connectivity index (χ4v) is 2.62. The van der Waals surface area contributed by atoms with E-state index in [2.05, 4.69) is 5.32 Å². The van der Waals surface area contributed by atoms with E-state index in [0.717, 1.165) is 30.6 Å². The van der Waals surface area contributed by atoms with Gasteiger partial charge in [-0.1, -0.05) is 12.8 Å². The second-order valence-electron chi connectivity index (χ2n) is 5.57. The van der Waals surface area contributed by atoms with Crippen molar-refractivity contribution in [2.75, 3.05) is 10.6 Å². The molecule has 1 aromatic carbocycles. The van der Waals surface area contributed by atoms with Crippen LogP contribution in [0.15, 0.2) is 36.0 Å². The van der Waals surface area contributed by atoms with Crippen LogP contribution in [0.5, 0.6) is 0 Å². The molecule has 0 bridgehead atoms. The first-order valence-electron chi connectivity index (χ1n) is 7.60. The van der Waals surface area contributed by atoms with Crippen molar-refractivity contribution >= 4 is 23.2 Å². The number of nitrogens with zero attached hydrogens (tertiary/aromatic N) is 2. The standard InChI is InChI=1S/C17H20N4O2/c1-12(22)21(16-8-6-14(19)7-9-16)17(23)13(10-18)11-20-15-4-2-3-5-15/h6-9,11,15,20H,2-5,19H2,1H3/b13-11-. The molecule has 6 heteroatoms. The van der Waals surface area contributed by atoms with Crippen molar-refractivity contribution in [1.82, 2.24) is 5.32 Å². The lowest BCUT2D eigenvalue weighted by Crippen LogP contribution is -2.36. The lowest BCUT2D eigenvalue weighted by Gasteiger charge is -2.19. The quantitative estimate of drug-likeness (QED) is 0.504. The molecular formula is C17H20N4O2. The fraction of sp³-hybridized carbons (Fsp3) is 0.353. The van der Waals surface area contributed by atoms with E-state index >= 15 is 0 Å². The Morgan fingerprint density at radius 3 is 2.43 bits per heavy atom. The third kappa shape index (κ3) is 4.10. The molecule has 0 aliphatic heterocycles. The molecule has 6 nitrogen and oxygen atoms in total. The lowest BCUT2D eigenvalue weighted by atomic mass is 10.2. The molecule has 0 aromatic heterocycles. The van der Waals surface area contributed by atoms with Gasteiger partial charge in [-0.3, -0.25) is 9.59 Å². The maximum Gasteiger partial charge on any atom is 0.277 e. The second-order valence-corrected chi connectivity index (χ2v) is 5.57. The van der Waals surface area contributed by atoms with Crippen molar-refractivity contribution in [3.05, 3.63) is 36.0 Å². The highest BCUT2D eigenvalue weighted by atomic mass is 16.2. The number of amides is 2. The molecule has 1 aliphatic carbocycles. The van der Waals surface area contributed by atoms with Crippen LogP contribution in [0.4, 0.5) is 11.4 Å². The minimum atomic E-state index is -0.643. The molecule has 0 spiro atoms. The van der Waals surface area contributed by atoms with Gasteiger partial charge in [0.05, 0.1) is 5.69 Å². The first-order chi connectivity index (χ1) is 11.0. The average Bonchev–Trinajstić information content (AvgIpc) is 3.03. The Morgan fingerprint density at radius 2 is 1.91 bits per heavy atom. The molecule has 0 atom stereocenters. The van der Waals surface area contributed by atoms with E-state index in [0.29, 0.717) is 11.4 Å². The summed E-state index contributed by atoms with van der Waals surface area (Å²) >= 11 is 0. The van der Waals surface area contributed by atoms with Crippen LogP contribution in [0.1, 0.15) is 32.6 Å². The first kappa shape index (κ1) is 16.6. The van der Waals surface area contributed by atoms with Crippen LogP contribution in [0.25, 0.3) is 0 Å². The number of rotatable bonds is 4. The Labute approximate surface area is 135 Å². The van der Waals surface area contributed by atoms with Gasteiger partial charge in [-0.15, -0.1) is 0 Å². The Hall–Kier alpha value is -2.81. The molecule has 1 fully saturated rings.